The molecule has 0 aromatic carbocycles. The minimum atomic E-state index is -1.50. The number of hydrogen-bond acceptors (Lipinski definition) is 8. The predicted molar refractivity (Wildman–Crippen MR) is 133 cm³/mol. The van der Waals surface area contributed by atoms with Crippen LogP contribution in [0.5, 0.6) is 0 Å². The van der Waals surface area contributed by atoms with Crippen molar-refractivity contribution in [2.75, 3.05) is 13.2 Å². The highest BCUT2D eigenvalue weighted by atomic mass is 16.7. The molecule has 0 unspecified atom stereocenters. The lowest BCUT2D eigenvalue weighted by molar-refractivity contribution is -0.302. The highest BCUT2D eigenvalue weighted by Gasteiger charge is 2.44. The van der Waals surface area contributed by atoms with Gasteiger partial charge in [-0.3, -0.25) is 0 Å². The van der Waals surface area contributed by atoms with E-state index in [4.69, 9.17) is 15.2 Å². The van der Waals surface area contributed by atoms with Crippen molar-refractivity contribution in [3.8, 4) is 0 Å². The molecule has 1 heterocycles. The normalized spacial score (nSPS) is 27.3. The summed E-state index contributed by atoms with van der Waals surface area (Å²) in [5, 5.41) is 48.9. The number of hydrogen-bond donors (Lipinski definition) is 6. The first-order valence-corrected chi connectivity index (χ1v) is 13.4. The summed E-state index contributed by atoms with van der Waals surface area (Å²) >= 11 is 0. The number of aliphatic hydroxyl groups is 5. The van der Waals surface area contributed by atoms with E-state index in [2.05, 4.69) is 6.92 Å². The Kier molecular flexibility index (Phi) is 18.1. The second kappa shape index (κ2) is 19.6. The fourth-order valence-corrected chi connectivity index (χ4v) is 4.17. The fraction of sp³-hybridized carbons (Fsp3) is 0.923. The summed E-state index contributed by atoms with van der Waals surface area (Å²) in [4.78, 5) is 0. The maximum atomic E-state index is 10.2. The smallest absolute Gasteiger partial charge is 0.186 e. The van der Waals surface area contributed by atoms with Gasteiger partial charge in [0, 0.05) is 0 Å². The fourth-order valence-electron chi connectivity index (χ4n) is 4.17. The van der Waals surface area contributed by atoms with Gasteiger partial charge in [-0.05, 0) is 12.8 Å². The van der Waals surface area contributed by atoms with E-state index < -0.39 is 49.5 Å². The van der Waals surface area contributed by atoms with Crippen LogP contribution >= 0.6 is 0 Å². The van der Waals surface area contributed by atoms with Gasteiger partial charge in [-0.25, -0.2) is 0 Å². The predicted octanol–water partition coefficient (Wildman–Crippen LogP) is 2.53. The van der Waals surface area contributed by atoms with E-state index in [1.807, 2.05) is 6.08 Å². The van der Waals surface area contributed by atoms with Crippen molar-refractivity contribution >= 4 is 0 Å². The van der Waals surface area contributed by atoms with E-state index in [9.17, 15) is 25.5 Å². The molecule has 1 aliphatic rings. The highest BCUT2D eigenvalue weighted by Crippen LogP contribution is 2.22. The zero-order chi connectivity index (χ0) is 25.2. The Morgan fingerprint density at radius 3 is 1.88 bits per heavy atom. The van der Waals surface area contributed by atoms with Crippen LogP contribution in [0.25, 0.3) is 0 Å². The molecule has 202 valence electrons. The van der Waals surface area contributed by atoms with Gasteiger partial charge in [0.15, 0.2) is 6.29 Å². The van der Waals surface area contributed by atoms with Crippen molar-refractivity contribution in [2.45, 2.75) is 140 Å². The van der Waals surface area contributed by atoms with E-state index in [1.54, 1.807) is 6.08 Å². The van der Waals surface area contributed by atoms with Crippen LogP contribution in [0.15, 0.2) is 12.2 Å². The van der Waals surface area contributed by atoms with Gasteiger partial charge in [-0.2, -0.15) is 0 Å². The molecule has 0 aromatic heterocycles. The van der Waals surface area contributed by atoms with E-state index in [0.29, 0.717) is 0 Å². The third-order valence-corrected chi connectivity index (χ3v) is 6.55. The molecule has 8 heteroatoms. The van der Waals surface area contributed by atoms with E-state index in [1.165, 1.54) is 77.0 Å². The summed E-state index contributed by atoms with van der Waals surface area (Å²) in [6, 6.07) is -0.740. The van der Waals surface area contributed by atoms with Gasteiger partial charge in [-0.1, -0.05) is 96.1 Å². The van der Waals surface area contributed by atoms with Gasteiger partial charge in [0.2, 0.25) is 0 Å². The number of aliphatic hydroxyl groups excluding tert-OH is 5. The summed E-state index contributed by atoms with van der Waals surface area (Å²) in [5.74, 6) is 0. The molecule has 34 heavy (non-hydrogen) atoms. The van der Waals surface area contributed by atoms with Crippen molar-refractivity contribution in [3.05, 3.63) is 12.2 Å². The van der Waals surface area contributed by atoms with E-state index in [0.717, 1.165) is 12.8 Å². The first-order valence-electron chi connectivity index (χ1n) is 13.4. The number of allylic oxidation sites excluding steroid dienone is 1. The summed E-state index contributed by atoms with van der Waals surface area (Å²) in [6.07, 6.45) is 14.0. The van der Waals surface area contributed by atoms with Gasteiger partial charge in [-0.15, -0.1) is 0 Å². The second-order valence-electron chi connectivity index (χ2n) is 9.64. The molecule has 1 saturated heterocycles. The Morgan fingerprint density at radius 2 is 1.35 bits per heavy atom. The lowest BCUT2D eigenvalue weighted by atomic mass is 9.99. The molecule has 1 fully saturated rings. The third kappa shape index (κ3) is 12.9. The van der Waals surface area contributed by atoms with Crippen molar-refractivity contribution in [2.24, 2.45) is 5.73 Å². The van der Waals surface area contributed by atoms with Gasteiger partial charge in [0.25, 0.3) is 0 Å². The molecule has 1 rings (SSSR count). The lowest BCUT2D eigenvalue weighted by Crippen LogP contribution is -2.59. The molecule has 8 nitrogen and oxygen atoms in total. The van der Waals surface area contributed by atoms with Crippen molar-refractivity contribution in [1.82, 2.24) is 0 Å². The first-order chi connectivity index (χ1) is 16.4. The van der Waals surface area contributed by atoms with Crippen LogP contribution in [0.1, 0.15) is 96.8 Å². The van der Waals surface area contributed by atoms with E-state index >= 15 is 0 Å². The maximum Gasteiger partial charge on any atom is 0.186 e. The van der Waals surface area contributed by atoms with Crippen molar-refractivity contribution in [3.63, 3.8) is 0 Å². The first kappa shape index (κ1) is 31.4. The van der Waals surface area contributed by atoms with Gasteiger partial charge in [0.1, 0.15) is 24.4 Å². The largest absolute Gasteiger partial charge is 0.394 e. The molecular formula is C26H51NO7. The summed E-state index contributed by atoms with van der Waals surface area (Å²) < 4.78 is 10.6. The van der Waals surface area contributed by atoms with Crippen LogP contribution in [0.2, 0.25) is 0 Å². The zero-order valence-electron chi connectivity index (χ0n) is 21.1. The number of ether oxygens (including phenoxy) is 2. The van der Waals surface area contributed by atoms with E-state index in [-0.39, 0.29) is 6.61 Å². The Morgan fingerprint density at radius 1 is 0.824 bits per heavy atom. The van der Waals surface area contributed by atoms with Gasteiger partial charge in [0.05, 0.1) is 25.4 Å². The zero-order valence-corrected chi connectivity index (χ0v) is 21.1. The minimum absolute atomic E-state index is 0.118. The maximum absolute atomic E-state index is 10.2. The summed E-state index contributed by atoms with van der Waals surface area (Å²) in [6.45, 7) is 1.61. The summed E-state index contributed by atoms with van der Waals surface area (Å²) in [7, 11) is 0. The van der Waals surface area contributed by atoms with Crippen LogP contribution in [0, 0.1) is 0 Å². The summed E-state index contributed by atoms with van der Waals surface area (Å²) in [5.41, 5.74) is 5.94. The molecule has 0 radical (unpaired) electrons. The van der Waals surface area contributed by atoms with Gasteiger partial charge >= 0.3 is 0 Å². The molecular weight excluding hydrogens is 438 g/mol. The van der Waals surface area contributed by atoms with Crippen LogP contribution in [-0.4, -0.2) is 81.6 Å². The van der Waals surface area contributed by atoms with Crippen molar-refractivity contribution in [1.29, 1.82) is 0 Å². The Bertz CT molecular complexity index is 506. The lowest BCUT2D eigenvalue weighted by Gasteiger charge is -2.39. The topological polar surface area (TPSA) is 146 Å². The minimum Gasteiger partial charge on any atom is -0.394 e. The molecule has 0 aromatic rings. The van der Waals surface area contributed by atoms with Crippen LogP contribution in [-0.2, 0) is 9.47 Å². The molecule has 0 bridgehead atoms. The average Bonchev–Trinajstić information content (AvgIpc) is 2.84. The SMILES string of the molecule is CCCCCCCCCCCCCCCC=C[C@@H](O)[C@@H](N)CO[C@@H]1O[C@H](CO)[C@@H](O)[C@H](O)[C@H]1O. The Hall–Kier alpha value is -0.580. The molecule has 1 aliphatic heterocycles. The number of unbranched alkanes of at least 4 members (excludes halogenated alkanes) is 13. The molecule has 0 aliphatic carbocycles. The van der Waals surface area contributed by atoms with Crippen LogP contribution < -0.4 is 5.73 Å². The molecule has 7 N–H and O–H groups in total. The van der Waals surface area contributed by atoms with Crippen LogP contribution in [0.4, 0.5) is 0 Å². The average molecular weight is 490 g/mol. The quantitative estimate of drug-likeness (QED) is 0.113. The van der Waals surface area contributed by atoms with Gasteiger partial charge < -0.3 is 40.7 Å². The molecule has 0 saturated carbocycles. The Labute approximate surface area is 206 Å². The number of rotatable bonds is 20. The molecule has 0 spiro atoms. The third-order valence-electron chi connectivity index (χ3n) is 6.55. The monoisotopic (exact) mass is 489 g/mol. The van der Waals surface area contributed by atoms with Crippen LogP contribution in [0.3, 0.4) is 0 Å². The second-order valence-corrected chi connectivity index (χ2v) is 9.64. The molecule has 7 atom stereocenters. The highest BCUT2D eigenvalue weighted by molar-refractivity contribution is 4.94. The molecule has 0 amide bonds. The Balaban J connectivity index is 2.04. The standard InChI is InChI=1S/C26H51NO7/c1-2-3-4-5-6-7-8-9-10-11-12-13-14-15-16-17-21(29)20(27)19-33-26-25(32)24(31)23(30)22(18-28)34-26/h16-17,20-26,28-32H,2-15,18-19,27H2,1H3/t20-,21+,22+,23+,24-,25+,26+/m0/s1. The number of nitrogens with two attached hydrogens (primary N) is 1. The van der Waals surface area contributed by atoms with Crippen molar-refractivity contribution < 1.29 is 35.0 Å².